The Morgan fingerprint density at radius 2 is 1.96 bits per heavy atom. The van der Waals surface area contributed by atoms with Crippen molar-refractivity contribution in [3.05, 3.63) is 61.5 Å². The maximum atomic E-state index is 12.7. The molecule has 0 bridgehead atoms. The molecule has 0 saturated carbocycles. The Balaban J connectivity index is 1.57. The van der Waals surface area contributed by atoms with Gasteiger partial charge in [-0.2, -0.15) is 0 Å². The lowest BCUT2D eigenvalue weighted by Gasteiger charge is -2.13. The second kappa shape index (κ2) is 6.98. The molecule has 0 amide bonds. The van der Waals surface area contributed by atoms with Gasteiger partial charge in [0.15, 0.2) is 6.10 Å². The van der Waals surface area contributed by atoms with Crippen LogP contribution in [0, 0.1) is 13.8 Å². The molecule has 2 aromatic heterocycles. The molecule has 0 spiro atoms. The molecule has 4 rings (SSSR count). The number of hydrogen-bond donors (Lipinski definition) is 1. The van der Waals surface area contributed by atoms with E-state index in [1.165, 1.54) is 11.1 Å². The van der Waals surface area contributed by atoms with E-state index in [1.54, 1.807) is 26.8 Å². The number of benzene rings is 1. The molecule has 2 heterocycles. The summed E-state index contributed by atoms with van der Waals surface area (Å²) in [5.41, 5.74) is 3.29. The number of carbonyl (C=O) groups is 2. The second-order valence-electron chi connectivity index (χ2n) is 7.14. The molecule has 7 heteroatoms. The highest BCUT2D eigenvalue weighted by atomic mass is 32.1. The first-order valence-corrected chi connectivity index (χ1v) is 10.0. The molecule has 1 unspecified atom stereocenters. The summed E-state index contributed by atoms with van der Waals surface area (Å²) in [7, 11) is 0. The quantitative estimate of drug-likeness (QED) is 0.538. The van der Waals surface area contributed by atoms with Crippen molar-refractivity contribution in [3.63, 3.8) is 0 Å². The molecule has 1 aromatic carbocycles. The minimum Gasteiger partial charge on any atom is -0.450 e. The van der Waals surface area contributed by atoms with Gasteiger partial charge in [0.25, 0.3) is 5.56 Å². The molecule has 0 aliphatic heterocycles. The molecule has 144 valence electrons. The Bertz CT molecular complexity index is 1180. The number of carbonyl (C=O) groups excluding carboxylic acids is 2. The largest absolute Gasteiger partial charge is 0.450 e. The number of esters is 1. The van der Waals surface area contributed by atoms with Crippen molar-refractivity contribution < 1.29 is 14.3 Å². The number of hydrogen-bond acceptors (Lipinski definition) is 6. The number of aromatic amines is 1. The van der Waals surface area contributed by atoms with Gasteiger partial charge in [0.1, 0.15) is 15.5 Å². The molecule has 0 saturated heterocycles. The van der Waals surface area contributed by atoms with E-state index in [0.29, 0.717) is 32.0 Å². The number of aryl methyl sites for hydroxylation is 4. The molecule has 1 atom stereocenters. The first-order chi connectivity index (χ1) is 13.3. The predicted molar refractivity (Wildman–Crippen MR) is 107 cm³/mol. The van der Waals surface area contributed by atoms with Gasteiger partial charge in [0.2, 0.25) is 5.78 Å². The van der Waals surface area contributed by atoms with E-state index in [1.807, 2.05) is 12.1 Å². The number of nitrogens with zero attached hydrogens (tertiary/aromatic N) is 1. The highest BCUT2D eigenvalue weighted by Gasteiger charge is 2.25. The molecule has 0 radical (unpaired) electrons. The van der Waals surface area contributed by atoms with E-state index in [-0.39, 0.29) is 11.3 Å². The van der Waals surface area contributed by atoms with Crippen LogP contribution in [-0.2, 0) is 17.6 Å². The van der Waals surface area contributed by atoms with Crippen LogP contribution in [0.1, 0.15) is 55.9 Å². The van der Waals surface area contributed by atoms with Crippen molar-refractivity contribution >= 4 is 33.3 Å². The molecule has 28 heavy (non-hydrogen) atoms. The van der Waals surface area contributed by atoms with Crippen LogP contribution >= 0.6 is 11.3 Å². The molecule has 1 aliphatic carbocycles. The van der Waals surface area contributed by atoms with Crippen molar-refractivity contribution in [1.82, 2.24) is 9.97 Å². The smallest absolute Gasteiger partial charge is 0.349 e. The highest BCUT2D eigenvalue weighted by Crippen LogP contribution is 2.28. The molecule has 6 nitrogen and oxygen atoms in total. The van der Waals surface area contributed by atoms with E-state index in [0.717, 1.165) is 30.6 Å². The van der Waals surface area contributed by atoms with Crippen molar-refractivity contribution in [1.29, 1.82) is 0 Å². The number of Topliss-reactive ketones (excluding diaryl/α,β-unsaturated/α-hetero) is 1. The number of fused-ring (bicyclic) bond motifs is 2. The van der Waals surface area contributed by atoms with Crippen LogP contribution in [-0.4, -0.2) is 27.8 Å². The van der Waals surface area contributed by atoms with Gasteiger partial charge < -0.3 is 9.72 Å². The first-order valence-electron chi connectivity index (χ1n) is 9.22. The zero-order chi connectivity index (χ0) is 20.0. The molecular formula is C21H20N2O4S. The number of ketones is 1. The van der Waals surface area contributed by atoms with Crippen LogP contribution in [0.4, 0.5) is 0 Å². The van der Waals surface area contributed by atoms with Crippen molar-refractivity contribution in [2.24, 2.45) is 0 Å². The van der Waals surface area contributed by atoms with Crippen LogP contribution in [0.2, 0.25) is 0 Å². The zero-order valence-electron chi connectivity index (χ0n) is 15.9. The van der Waals surface area contributed by atoms with Crippen LogP contribution in [0.15, 0.2) is 23.0 Å². The van der Waals surface area contributed by atoms with Gasteiger partial charge in [0, 0.05) is 5.56 Å². The Morgan fingerprint density at radius 3 is 2.75 bits per heavy atom. The van der Waals surface area contributed by atoms with Crippen LogP contribution in [0.25, 0.3) is 10.2 Å². The topological polar surface area (TPSA) is 89.1 Å². The summed E-state index contributed by atoms with van der Waals surface area (Å²) >= 11 is 1.11. The first kappa shape index (κ1) is 18.6. The lowest BCUT2D eigenvalue weighted by molar-refractivity contribution is 0.0323. The number of thiophene rings is 1. The van der Waals surface area contributed by atoms with Gasteiger partial charge in [-0.05, 0) is 62.8 Å². The summed E-state index contributed by atoms with van der Waals surface area (Å²) in [6, 6.07) is 5.69. The summed E-state index contributed by atoms with van der Waals surface area (Å²) in [4.78, 5) is 45.3. The number of nitrogens with one attached hydrogen (secondary N) is 1. The normalized spacial score (nSPS) is 14.1. The summed E-state index contributed by atoms with van der Waals surface area (Å²) in [5, 5.41) is 0.389. The van der Waals surface area contributed by atoms with Crippen LogP contribution in [0.3, 0.4) is 0 Å². The van der Waals surface area contributed by atoms with Gasteiger partial charge in [-0.15, -0.1) is 11.3 Å². The summed E-state index contributed by atoms with van der Waals surface area (Å²) in [5.74, 6) is -0.355. The average molecular weight is 396 g/mol. The Labute approximate surface area is 165 Å². The summed E-state index contributed by atoms with van der Waals surface area (Å²) in [6.45, 7) is 4.95. The van der Waals surface area contributed by atoms with Gasteiger partial charge in [-0.25, -0.2) is 9.78 Å². The second-order valence-corrected chi connectivity index (χ2v) is 8.14. The Kier molecular flexibility index (Phi) is 4.63. The van der Waals surface area contributed by atoms with E-state index in [9.17, 15) is 14.4 Å². The third kappa shape index (κ3) is 3.16. The van der Waals surface area contributed by atoms with E-state index in [4.69, 9.17) is 4.74 Å². The van der Waals surface area contributed by atoms with Crippen molar-refractivity contribution in [3.8, 4) is 0 Å². The van der Waals surface area contributed by atoms with Gasteiger partial charge >= 0.3 is 5.97 Å². The molecule has 3 aromatic rings. The molecule has 0 fully saturated rings. The summed E-state index contributed by atoms with van der Waals surface area (Å²) in [6.07, 6.45) is 2.22. The highest BCUT2D eigenvalue weighted by molar-refractivity contribution is 7.20. The van der Waals surface area contributed by atoms with Crippen LogP contribution < -0.4 is 5.56 Å². The van der Waals surface area contributed by atoms with Crippen molar-refractivity contribution in [2.45, 2.75) is 46.1 Å². The number of H-pyrrole nitrogens is 1. The third-order valence-corrected chi connectivity index (χ3v) is 6.31. The fourth-order valence-electron chi connectivity index (χ4n) is 3.67. The van der Waals surface area contributed by atoms with E-state index < -0.39 is 12.1 Å². The lowest BCUT2D eigenvalue weighted by atomic mass is 10.0. The number of ether oxygens (including phenoxy) is 1. The molecule has 1 N–H and O–H groups in total. The zero-order valence-corrected chi connectivity index (χ0v) is 16.7. The third-order valence-electron chi connectivity index (χ3n) is 5.14. The predicted octanol–water partition coefficient (Wildman–Crippen LogP) is 3.52. The Hall–Kier alpha value is -2.80. The van der Waals surface area contributed by atoms with E-state index in [2.05, 4.69) is 9.97 Å². The van der Waals surface area contributed by atoms with Gasteiger partial charge in [-0.1, -0.05) is 12.1 Å². The van der Waals surface area contributed by atoms with E-state index >= 15 is 0 Å². The monoisotopic (exact) mass is 396 g/mol. The standard InChI is InChI=1S/C21H20N2O4S/c1-10-16-19(25)22-12(3)23-20(16)28-18(10)21(26)27-11(2)17(24)15-8-7-13-5-4-6-14(13)9-15/h7-9,11H,4-6H2,1-3H3,(H,22,23,25). The van der Waals surface area contributed by atoms with Gasteiger partial charge in [0.05, 0.1) is 5.39 Å². The minimum atomic E-state index is -0.912. The SMILES string of the molecule is Cc1nc2sc(C(=O)OC(C)C(=O)c3ccc4c(c3)CCC4)c(C)c2c(=O)[nH]1. The fraction of sp³-hybridized carbons (Fsp3) is 0.333. The number of aromatic nitrogens is 2. The summed E-state index contributed by atoms with van der Waals surface area (Å²) < 4.78 is 5.43. The minimum absolute atomic E-state index is 0.228. The molecule has 1 aliphatic rings. The maximum absolute atomic E-state index is 12.7. The van der Waals surface area contributed by atoms with Gasteiger partial charge in [-0.3, -0.25) is 9.59 Å². The molecular weight excluding hydrogens is 376 g/mol. The van der Waals surface area contributed by atoms with Crippen LogP contribution in [0.5, 0.6) is 0 Å². The average Bonchev–Trinajstić information content (AvgIpc) is 3.24. The Morgan fingerprint density at radius 1 is 1.21 bits per heavy atom. The maximum Gasteiger partial charge on any atom is 0.349 e. The number of rotatable bonds is 4. The van der Waals surface area contributed by atoms with Crippen molar-refractivity contribution in [2.75, 3.05) is 0 Å². The fourth-order valence-corrected chi connectivity index (χ4v) is 4.78. The lowest BCUT2D eigenvalue weighted by Crippen LogP contribution is -2.24.